The summed E-state index contributed by atoms with van der Waals surface area (Å²) in [7, 11) is 0. The minimum Gasteiger partial charge on any atom is -0.483 e. The van der Waals surface area contributed by atoms with Crippen molar-refractivity contribution in [3.63, 3.8) is 0 Å². The lowest BCUT2D eigenvalue weighted by atomic mass is 9.95. The van der Waals surface area contributed by atoms with Gasteiger partial charge in [-0.15, -0.1) is 0 Å². The van der Waals surface area contributed by atoms with E-state index in [2.05, 4.69) is 4.98 Å². The molecule has 1 fully saturated rings. The lowest BCUT2D eigenvalue weighted by molar-refractivity contribution is 0.202. The second-order valence-electron chi connectivity index (χ2n) is 6.86. The van der Waals surface area contributed by atoms with E-state index in [0.717, 1.165) is 25.7 Å². The Kier molecular flexibility index (Phi) is 4.42. The molecule has 1 unspecified atom stereocenters. The third-order valence-corrected chi connectivity index (χ3v) is 5.60. The highest BCUT2D eigenvalue weighted by molar-refractivity contribution is 6.32. The largest absolute Gasteiger partial charge is 0.483 e. The Labute approximate surface area is 150 Å². The molecule has 4 rings (SSSR count). The van der Waals surface area contributed by atoms with Gasteiger partial charge in [-0.1, -0.05) is 43.0 Å². The number of nitrogens with zero attached hydrogens (tertiary/aromatic N) is 1. The SMILES string of the molecule is O=c1[nH]c2c(c(=O)n1C1CCCCC1)CCC2Oc1ccccc1Cl. The van der Waals surface area contributed by atoms with Crippen LogP contribution in [0.2, 0.25) is 5.02 Å². The fraction of sp³-hybridized carbons (Fsp3) is 0.474. The maximum atomic E-state index is 12.9. The van der Waals surface area contributed by atoms with Gasteiger partial charge in [0.2, 0.25) is 0 Å². The molecule has 1 saturated carbocycles. The maximum absolute atomic E-state index is 12.9. The van der Waals surface area contributed by atoms with Gasteiger partial charge in [0.25, 0.3) is 5.56 Å². The van der Waals surface area contributed by atoms with Crippen molar-refractivity contribution in [1.82, 2.24) is 9.55 Å². The molecule has 0 amide bonds. The number of benzene rings is 1. The van der Waals surface area contributed by atoms with Gasteiger partial charge in [0, 0.05) is 11.6 Å². The van der Waals surface area contributed by atoms with Crippen LogP contribution in [0.25, 0.3) is 0 Å². The molecule has 5 nitrogen and oxygen atoms in total. The minimum atomic E-state index is -0.337. The number of hydrogen-bond donors (Lipinski definition) is 1. The Morgan fingerprint density at radius 3 is 2.60 bits per heavy atom. The van der Waals surface area contributed by atoms with Crippen LogP contribution in [0, 0.1) is 0 Å². The normalized spacial score (nSPS) is 20.4. The van der Waals surface area contributed by atoms with E-state index >= 15 is 0 Å². The monoisotopic (exact) mass is 360 g/mol. The molecule has 1 atom stereocenters. The van der Waals surface area contributed by atoms with Crippen molar-refractivity contribution in [2.45, 2.75) is 57.1 Å². The predicted octanol–water partition coefficient (Wildman–Crippen LogP) is 3.76. The molecule has 25 heavy (non-hydrogen) atoms. The Bertz CT molecular complexity index is 896. The Morgan fingerprint density at radius 1 is 1.08 bits per heavy atom. The van der Waals surface area contributed by atoms with Gasteiger partial charge in [-0.3, -0.25) is 9.36 Å². The summed E-state index contributed by atoms with van der Waals surface area (Å²) < 4.78 is 7.42. The van der Waals surface area contributed by atoms with Gasteiger partial charge in [0.1, 0.15) is 11.9 Å². The van der Waals surface area contributed by atoms with Crippen molar-refractivity contribution in [2.75, 3.05) is 0 Å². The van der Waals surface area contributed by atoms with Gasteiger partial charge in [0.15, 0.2) is 0 Å². The third-order valence-electron chi connectivity index (χ3n) is 5.29. The minimum absolute atomic E-state index is 0.0267. The molecule has 0 bridgehead atoms. The third kappa shape index (κ3) is 3.01. The van der Waals surface area contributed by atoms with E-state index < -0.39 is 0 Å². The summed E-state index contributed by atoms with van der Waals surface area (Å²) in [5, 5.41) is 0.522. The fourth-order valence-electron chi connectivity index (χ4n) is 4.02. The van der Waals surface area contributed by atoms with Crippen LogP contribution < -0.4 is 16.0 Å². The molecule has 2 aliphatic rings. The molecule has 0 spiro atoms. The molecule has 1 heterocycles. The number of aromatic amines is 1. The van der Waals surface area contributed by atoms with Gasteiger partial charge < -0.3 is 9.72 Å². The van der Waals surface area contributed by atoms with Gasteiger partial charge in [-0.05, 0) is 37.8 Å². The van der Waals surface area contributed by atoms with Crippen LogP contribution in [-0.4, -0.2) is 9.55 Å². The number of ether oxygens (including phenoxy) is 1. The van der Waals surface area contributed by atoms with E-state index in [1.807, 2.05) is 12.1 Å². The zero-order valence-corrected chi connectivity index (χ0v) is 14.7. The van der Waals surface area contributed by atoms with Crippen molar-refractivity contribution in [2.24, 2.45) is 0 Å². The summed E-state index contributed by atoms with van der Waals surface area (Å²) >= 11 is 6.16. The lowest BCUT2D eigenvalue weighted by Gasteiger charge is -2.23. The molecular weight excluding hydrogens is 340 g/mol. The van der Waals surface area contributed by atoms with E-state index in [9.17, 15) is 9.59 Å². The predicted molar refractivity (Wildman–Crippen MR) is 96.6 cm³/mol. The summed E-state index contributed by atoms with van der Waals surface area (Å²) in [6.45, 7) is 0. The summed E-state index contributed by atoms with van der Waals surface area (Å²) in [5.41, 5.74) is 0.838. The van der Waals surface area contributed by atoms with Gasteiger partial charge in [-0.25, -0.2) is 4.79 Å². The first-order valence-electron chi connectivity index (χ1n) is 8.94. The molecular formula is C19H21ClN2O3. The average molecular weight is 361 g/mol. The molecule has 1 aromatic carbocycles. The molecule has 0 aliphatic heterocycles. The Balaban J connectivity index is 1.68. The van der Waals surface area contributed by atoms with Gasteiger partial charge in [0.05, 0.1) is 10.7 Å². The van der Waals surface area contributed by atoms with Crippen LogP contribution in [0.1, 0.15) is 61.9 Å². The Morgan fingerprint density at radius 2 is 1.84 bits per heavy atom. The van der Waals surface area contributed by atoms with Gasteiger partial charge in [-0.2, -0.15) is 0 Å². The van der Waals surface area contributed by atoms with Crippen molar-refractivity contribution in [3.05, 3.63) is 61.4 Å². The number of hydrogen-bond acceptors (Lipinski definition) is 3. The van der Waals surface area contributed by atoms with E-state index in [4.69, 9.17) is 16.3 Å². The van der Waals surface area contributed by atoms with Gasteiger partial charge >= 0.3 is 5.69 Å². The highest BCUT2D eigenvalue weighted by Crippen LogP contribution is 2.35. The highest BCUT2D eigenvalue weighted by Gasteiger charge is 2.31. The number of aromatic nitrogens is 2. The summed E-state index contributed by atoms with van der Waals surface area (Å²) in [6, 6.07) is 7.26. The maximum Gasteiger partial charge on any atom is 0.328 e. The molecule has 6 heteroatoms. The lowest BCUT2D eigenvalue weighted by Crippen LogP contribution is -2.41. The molecule has 2 aromatic rings. The van der Waals surface area contributed by atoms with E-state index in [1.165, 1.54) is 11.0 Å². The molecule has 0 radical (unpaired) electrons. The van der Waals surface area contributed by atoms with E-state index in [-0.39, 0.29) is 23.4 Å². The van der Waals surface area contributed by atoms with E-state index in [1.54, 1.807) is 12.1 Å². The highest BCUT2D eigenvalue weighted by atomic mass is 35.5. The molecule has 2 aliphatic carbocycles. The quantitative estimate of drug-likeness (QED) is 0.906. The number of H-pyrrole nitrogens is 1. The number of para-hydroxylation sites is 1. The molecule has 1 aromatic heterocycles. The smallest absolute Gasteiger partial charge is 0.328 e. The van der Waals surface area contributed by atoms with Crippen LogP contribution in [0.4, 0.5) is 0 Å². The summed E-state index contributed by atoms with van der Waals surface area (Å²) in [4.78, 5) is 28.4. The van der Waals surface area contributed by atoms with Crippen LogP contribution in [0.5, 0.6) is 5.75 Å². The number of rotatable bonds is 3. The van der Waals surface area contributed by atoms with E-state index in [0.29, 0.717) is 34.9 Å². The van der Waals surface area contributed by atoms with Crippen LogP contribution >= 0.6 is 11.6 Å². The Hall–Kier alpha value is -2.01. The summed E-state index contributed by atoms with van der Waals surface area (Å²) in [6.07, 6.45) is 6.09. The van der Waals surface area contributed by atoms with Crippen LogP contribution in [0.3, 0.4) is 0 Å². The van der Waals surface area contributed by atoms with Crippen molar-refractivity contribution >= 4 is 11.6 Å². The van der Waals surface area contributed by atoms with Crippen molar-refractivity contribution in [1.29, 1.82) is 0 Å². The van der Waals surface area contributed by atoms with Crippen LogP contribution in [0.15, 0.2) is 33.9 Å². The average Bonchev–Trinajstić information content (AvgIpc) is 3.01. The van der Waals surface area contributed by atoms with Crippen molar-refractivity contribution in [3.8, 4) is 5.75 Å². The standard InChI is InChI=1S/C19H21ClN2O3/c20-14-8-4-5-9-15(14)25-16-11-10-13-17(16)21-19(24)22(18(13)23)12-6-2-1-3-7-12/h4-5,8-9,12,16H,1-3,6-7,10-11H2,(H,21,24). The van der Waals surface area contributed by atoms with Crippen LogP contribution in [-0.2, 0) is 6.42 Å². The first-order valence-corrected chi connectivity index (χ1v) is 9.31. The first kappa shape index (κ1) is 16.5. The number of nitrogens with one attached hydrogen (secondary N) is 1. The topological polar surface area (TPSA) is 64.1 Å². The molecule has 1 N–H and O–H groups in total. The molecule has 0 saturated heterocycles. The first-order chi connectivity index (χ1) is 12.1. The number of halogens is 1. The molecule has 132 valence electrons. The fourth-order valence-corrected chi connectivity index (χ4v) is 4.20. The summed E-state index contributed by atoms with van der Waals surface area (Å²) in [5.74, 6) is 0.569. The van der Waals surface area contributed by atoms with Crippen molar-refractivity contribution < 1.29 is 4.74 Å². The second kappa shape index (κ2) is 6.71. The zero-order valence-electron chi connectivity index (χ0n) is 14.0. The second-order valence-corrected chi connectivity index (χ2v) is 7.27. The zero-order chi connectivity index (χ0) is 17.4. The number of fused-ring (bicyclic) bond motifs is 1.